The first-order chi connectivity index (χ1) is 10.5. The smallest absolute Gasteiger partial charge is 0.107 e. The number of rotatable bonds is 2. The van der Waals surface area contributed by atoms with Crippen molar-refractivity contribution >= 4 is 47.8 Å². The lowest BCUT2D eigenvalue weighted by Crippen LogP contribution is -2.14. The molecule has 2 aromatic rings. The molecule has 0 aromatic heterocycles. The fraction of sp³-hybridized carbons (Fsp3) is 0.368. The normalized spacial score (nSPS) is 13.3. The highest BCUT2D eigenvalue weighted by molar-refractivity contribution is 9.11. The molecule has 0 spiro atoms. The standard InChI is InChI=1S/C19H21Br3O/c1-10-6-12(19(3,4)5)7-11(2)16(10)18(23)17-14(21)8-13(20)9-15(17)22/h6-9,18,23H,1-5H3. The monoisotopic (exact) mass is 502 g/mol. The average molecular weight is 505 g/mol. The van der Waals surface area contributed by atoms with E-state index in [0.717, 1.165) is 35.7 Å². The third kappa shape index (κ3) is 4.09. The van der Waals surface area contributed by atoms with Crippen molar-refractivity contribution in [3.63, 3.8) is 0 Å². The Morgan fingerprint density at radius 3 is 1.65 bits per heavy atom. The quantitative estimate of drug-likeness (QED) is 0.468. The highest BCUT2D eigenvalue weighted by Gasteiger charge is 2.23. The van der Waals surface area contributed by atoms with Gasteiger partial charge in [-0.05, 0) is 53.6 Å². The largest absolute Gasteiger partial charge is 0.384 e. The predicted molar refractivity (Wildman–Crippen MR) is 108 cm³/mol. The van der Waals surface area contributed by atoms with Crippen LogP contribution in [0.2, 0.25) is 0 Å². The summed E-state index contributed by atoms with van der Waals surface area (Å²) in [5.74, 6) is 0. The van der Waals surface area contributed by atoms with E-state index in [0.29, 0.717) is 0 Å². The number of aliphatic hydroxyl groups excluding tert-OH is 1. The molecule has 1 atom stereocenters. The second kappa shape index (κ2) is 6.99. The summed E-state index contributed by atoms with van der Waals surface area (Å²) in [6, 6.07) is 8.29. The van der Waals surface area contributed by atoms with Gasteiger partial charge in [0.1, 0.15) is 6.10 Å². The summed E-state index contributed by atoms with van der Waals surface area (Å²) >= 11 is 10.6. The van der Waals surface area contributed by atoms with Crippen LogP contribution in [-0.2, 0) is 5.41 Å². The van der Waals surface area contributed by atoms with E-state index in [4.69, 9.17) is 0 Å². The summed E-state index contributed by atoms with van der Waals surface area (Å²) in [7, 11) is 0. The molecule has 0 heterocycles. The van der Waals surface area contributed by atoms with Crippen molar-refractivity contribution in [2.24, 2.45) is 0 Å². The van der Waals surface area contributed by atoms with Crippen molar-refractivity contribution < 1.29 is 5.11 Å². The van der Waals surface area contributed by atoms with Crippen molar-refractivity contribution in [2.75, 3.05) is 0 Å². The molecule has 0 fully saturated rings. The van der Waals surface area contributed by atoms with Crippen molar-refractivity contribution in [3.8, 4) is 0 Å². The molecule has 2 rings (SSSR count). The number of aryl methyl sites for hydroxylation is 2. The van der Waals surface area contributed by atoms with E-state index in [2.05, 4.69) is 94.5 Å². The van der Waals surface area contributed by atoms with Crippen molar-refractivity contribution in [2.45, 2.75) is 46.1 Å². The second-order valence-corrected chi connectivity index (χ2v) is 9.58. The highest BCUT2D eigenvalue weighted by atomic mass is 79.9. The number of aliphatic hydroxyl groups is 1. The molecule has 4 heteroatoms. The van der Waals surface area contributed by atoms with Crippen LogP contribution in [0.5, 0.6) is 0 Å². The molecule has 23 heavy (non-hydrogen) atoms. The van der Waals surface area contributed by atoms with Crippen LogP contribution in [-0.4, -0.2) is 5.11 Å². The van der Waals surface area contributed by atoms with Gasteiger partial charge in [-0.2, -0.15) is 0 Å². The Balaban J connectivity index is 2.59. The van der Waals surface area contributed by atoms with E-state index in [-0.39, 0.29) is 5.41 Å². The maximum absolute atomic E-state index is 11.0. The lowest BCUT2D eigenvalue weighted by Gasteiger charge is -2.25. The van der Waals surface area contributed by atoms with E-state index < -0.39 is 6.10 Å². The van der Waals surface area contributed by atoms with Crippen LogP contribution in [0.15, 0.2) is 37.7 Å². The highest BCUT2D eigenvalue weighted by Crippen LogP contribution is 2.39. The molecule has 0 aliphatic carbocycles. The molecular formula is C19H21Br3O. The first kappa shape index (κ1) is 19.2. The molecular weight excluding hydrogens is 484 g/mol. The van der Waals surface area contributed by atoms with Gasteiger partial charge in [-0.15, -0.1) is 0 Å². The zero-order valence-electron chi connectivity index (χ0n) is 14.0. The first-order valence-corrected chi connectivity index (χ1v) is 9.84. The topological polar surface area (TPSA) is 20.2 Å². The molecule has 0 radical (unpaired) electrons. The van der Waals surface area contributed by atoms with Crippen LogP contribution in [0.4, 0.5) is 0 Å². The minimum atomic E-state index is -0.680. The Morgan fingerprint density at radius 1 is 0.826 bits per heavy atom. The van der Waals surface area contributed by atoms with Gasteiger partial charge in [0.15, 0.2) is 0 Å². The molecule has 1 nitrogen and oxygen atoms in total. The number of hydrogen-bond donors (Lipinski definition) is 1. The minimum Gasteiger partial charge on any atom is -0.384 e. The third-order valence-corrected chi connectivity index (χ3v) is 5.82. The van der Waals surface area contributed by atoms with Gasteiger partial charge in [-0.25, -0.2) is 0 Å². The SMILES string of the molecule is Cc1cc(C(C)(C)C)cc(C)c1C(O)c1c(Br)cc(Br)cc1Br. The number of benzene rings is 2. The molecule has 1 unspecified atom stereocenters. The molecule has 0 saturated heterocycles. The van der Waals surface area contributed by atoms with Gasteiger partial charge in [-0.3, -0.25) is 0 Å². The Hall–Kier alpha value is -0.160. The van der Waals surface area contributed by atoms with Crippen LogP contribution < -0.4 is 0 Å². The fourth-order valence-electron chi connectivity index (χ4n) is 2.80. The zero-order chi connectivity index (χ0) is 17.5. The average Bonchev–Trinajstić information content (AvgIpc) is 2.35. The summed E-state index contributed by atoms with van der Waals surface area (Å²) < 4.78 is 2.72. The first-order valence-electron chi connectivity index (χ1n) is 7.46. The minimum absolute atomic E-state index is 0.0950. The predicted octanol–water partition coefficient (Wildman–Crippen LogP) is 6.97. The molecule has 0 aliphatic rings. The number of halogens is 3. The Kier molecular flexibility index (Phi) is 5.82. The van der Waals surface area contributed by atoms with Crippen LogP contribution in [0, 0.1) is 13.8 Å². The van der Waals surface area contributed by atoms with Crippen LogP contribution in [0.1, 0.15) is 54.7 Å². The lowest BCUT2D eigenvalue weighted by molar-refractivity contribution is 0.217. The Labute approximate surface area is 163 Å². The molecule has 2 aromatic carbocycles. The van der Waals surface area contributed by atoms with Gasteiger partial charge in [0.05, 0.1) is 0 Å². The molecule has 0 amide bonds. The van der Waals surface area contributed by atoms with Crippen molar-refractivity contribution in [3.05, 3.63) is 65.5 Å². The summed E-state index contributed by atoms with van der Waals surface area (Å²) in [5.41, 5.74) is 5.44. The van der Waals surface area contributed by atoms with Gasteiger partial charge < -0.3 is 5.11 Å². The van der Waals surface area contributed by atoms with Crippen molar-refractivity contribution in [1.29, 1.82) is 0 Å². The lowest BCUT2D eigenvalue weighted by atomic mass is 9.82. The Bertz CT molecular complexity index is 699. The maximum Gasteiger partial charge on any atom is 0.107 e. The van der Waals surface area contributed by atoms with E-state index in [1.807, 2.05) is 12.1 Å². The molecule has 1 N–H and O–H groups in total. The molecule has 124 valence electrons. The Morgan fingerprint density at radius 2 is 1.26 bits per heavy atom. The van der Waals surface area contributed by atoms with E-state index in [1.54, 1.807) is 0 Å². The van der Waals surface area contributed by atoms with E-state index >= 15 is 0 Å². The third-order valence-electron chi connectivity index (χ3n) is 4.05. The summed E-state index contributed by atoms with van der Waals surface area (Å²) in [6.07, 6.45) is -0.680. The molecule has 0 aliphatic heterocycles. The number of hydrogen-bond acceptors (Lipinski definition) is 1. The van der Waals surface area contributed by atoms with Crippen LogP contribution in [0.25, 0.3) is 0 Å². The summed E-state index contributed by atoms with van der Waals surface area (Å²) in [4.78, 5) is 0. The maximum atomic E-state index is 11.0. The molecule has 0 saturated carbocycles. The fourth-order valence-corrected chi connectivity index (χ4v) is 5.49. The van der Waals surface area contributed by atoms with Gasteiger partial charge in [0.25, 0.3) is 0 Å². The van der Waals surface area contributed by atoms with Gasteiger partial charge in [-0.1, -0.05) is 80.7 Å². The van der Waals surface area contributed by atoms with Crippen LogP contribution in [0.3, 0.4) is 0 Å². The second-order valence-electron chi connectivity index (χ2n) is 6.96. The molecule has 0 bridgehead atoms. The van der Waals surface area contributed by atoms with E-state index in [1.165, 1.54) is 5.56 Å². The zero-order valence-corrected chi connectivity index (χ0v) is 18.7. The summed E-state index contributed by atoms with van der Waals surface area (Å²) in [6.45, 7) is 10.8. The van der Waals surface area contributed by atoms with Crippen molar-refractivity contribution in [1.82, 2.24) is 0 Å². The van der Waals surface area contributed by atoms with Crippen LogP contribution >= 0.6 is 47.8 Å². The van der Waals surface area contributed by atoms with Gasteiger partial charge in [0.2, 0.25) is 0 Å². The van der Waals surface area contributed by atoms with Gasteiger partial charge in [0, 0.05) is 19.0 Å². The summed E-state index contributed by atoms with van der Waals surface area (Å²) in [5, 5.41) is 11.0. The van der Waals surface area contributed by atoms with Gasteiger partial charge >= 0.3 is 0 Å². The van der Waals surface area contributed by atoms with E-state index in [9.17, 15) is 5.11 Å².